The minimum Gasteiger partial charge on any atom is -0.380 e. The van der Waals surface area contributed by atoms with Gasteiger partial charge in [-0.1, -0.05) is 6.07 Å². The highest BCUT2D eigenvalue weighted by atomic mass is 16.6. The summed E-state index contributed by atoms with van der Waals surface area (Å²) in [5, 5.41) is 13.9. The van der Waals surface area contributed by atoms with Crippen LogP contribution in [0.15, 0.2) is 36.7 Å². The topological polar surface area (TPSA) is 60.1 Å². The summed E-state index contributed by atoms with van der Waals surface area (Å²) in [6, 6.07) is 6.85. The highest BCUT2D eigenvalue weighted by Crippen LogP contribution is 2.22. The number of nitrogens with zero attached hydrogens (tertiary/aromatic N) is 2. The molecule has 2 rings (SSSR count). The molecule has 0 radical (unpaired) electrons. The van der Waals surface area contributed by atoms with E-state index < -0.39 is 0 Å². The molecule has 0 aliphatic rings. The molecule has 1 aromatic heterocycles. The summed E-state index contributed by atoms with van der Waals surface area (Å²) in [6.45, 7) is 2.58. The zero-order valence-electron chi connectivity index (χ0n) is 10.4. The summed E-state index contributed by atoms with van der Waals surface area (Å²) >= 11 is 0. The minimum atomic E-state index is -0.382. The van der Waals surface area contributed by atoms with Crippen molar-refractivity contribution < 1.29 is 4.92 Å². The number of nitro benzene ring substituents is 1. The first-order valence-electron chi connectivity index (χ1n) is 5.66. The third-order valence-corrected chi connectivity index (χ3v) is 2.81. The molecule has 5 nitrogen and oxygen atoms in total. The number of aromatic nitrogens is 1. The fraction of sp³-hybridized carbons (Fsp3) is 0.231. The molecule has 0 bridgehead atoms. The first-order valence-corrected chi connectivity index (χ1v) is 5.66. The molecule has 5 heteroatoms. The molecule has 0 amide bonds. The average molecular weight is 245 g/mol. The van der Waals surface area contributed by atoms with Crippen LogP contribution >= 0.6 is 0 Å². The van der Waals surface area contributed by atoms with Gasteiger partial charge in [0.1, 0.15) is 0 Å². The van der Waals surface area contributed by atoms with Crippen LogP contribution in [0.25, 0.3) is 0 Å². The van der Waals surface area contributed by atoms with Gasteiger partial charge >= 0.3 is 0 Å². The Morgan fingerprint density at radius 2 is 2.17 bits per heavy atom. The molecule has 18 heavy (non-hydrogen) atoms. The molecule has 0 fully saturated rings. The van der Waals surface area contributed by atoms with Crippen molar-refractivity contribution in [2.45, 2.75) is 13.5 Å². The van der Waals surface area contributed by atoms with Crippen LogP contribution in [0.1, 0.15) is 11.1 Å². The van der Waals surface area contributed by atoms with E-state index in [0.29, 0.717) is 6.54 Å². The summed E-state index contributed by atoms with van der Waals surface area (Å²) in [5.41, 5.74) is 3.05. The molecule has 1 N–H and O–H groups in total. The van der Waals surface area contributed by atoms with Crippen molar-refractivity contribution in [2.75, 3.05) is 5.32 Å². The molecule has 94 valence electrons. The van der Waals surface area contributed by atoms with Crippen molar-refractivity contribution in [1.82, 2.24) is 4.57 Å². The van der Waals surface area contributed by atoms with Crippen molar-refractivity contribution in [2.24, 2.45) is 7.05 Å². The Morgan fingerprint density at radius 3 is 2.78 bits per heavy atom. The normalized spacial score (nSPS) is 10.3. The third-order valence-electron chi connectivity index (χ3n) is 2.81. The van der Waals surface area contributed by atoms with Crippen LogP contribution in [0.5, 0.6) is 0 Å². The Morgan fingerprint density at radius 1 is 1.39 bits per heavy atom. The maximum absolute atomic E-state index is 10.7. The van der Waals surface area contributed by atoms with E-state index in [9.17, 15) is 10.1 Å². The largest absolute Gasteiger partial charge is 0.380 e. The molecular weight excluding hydrogens is 230 g/mol. The number of non-ortho nitro benzene ring substituents is 1. The number of nitrogens with one attached hydrogen (secondary N) is 1. The van der Waals surface area contributed by atoms with Crippen molar-refractivity contribution in [3.8, 4) is 0 Å². The van der Waals surface area contributed by atoms with Crippen molar-refractivity contribution in [1.29, 1.82) is 0 Å². The Labute approximate surface area is 105 Å². The molecule has 0 spiro atoms. The highest BCUT2D eigenvalue weighted by Gasteiger charge is 2.08. The number of rotatable bonds is 4. The van der Waals surface area contributed by atoms with E-state index >= 15 is 0 Å². The SMILES string of the molecule is Cc1ccc([N+](=O)[O-])cc1NCc1ccn(C)c1. The monoisotopic (exact) mass is 245 g/mol. The van der Waals surface area contributed by atoms with Crippen LogP contribution in [0.3, 0.4) is 0 Å². The van der Waals surface area contributed by atoms with Gasteiger partial charge in [0.2, 0.25) is 0 Å². The fourth-order valence-electron chi connectivity index (χ4n) is 1.78. The van der Waals surface area contributed by atoms with Crippen LogP contribution in [0.2, 0.25) is 0 Å². The molecule has 1 heterocycles. The van der Waals surface area contributed by atoms with Crippen LogP contribution in [0, 0.1) is 17.0 Å². The second-order valence-electron chi connectivity index (χ2n) is 4.30. The van der Waals surface area contributed by atoms with E-state index in [2.05, 4.69) is 5.32 Å². The lowest BCUT2D eigenvalue weighted by atomic mass is 10.1. The summed E-state index contributed by atoms with van der Waals surface area (Å²) in [5.74, 6) is 0. The Hall–Kier alpha value is -2.30. The molecule has 1 aromatic carbocycles. The Bertz CT molecular complexity index is 575. The van der Waals surface area contributed by atoms with Gasteiger partial charge in [-0.25, -0.2) is 0 Å². The number of nitro groups is 1. The van der Waals surface area contributed by atoms with Gasteiger partial charge in [0.15, 0.2) is 0 Å². The molecular formula is C13H15N3O2. The number of anilines is 1. The van der Waals surface area contributed by atoms with E-state index in [4.69, 9.17) is 0 Å². The molecule has 2 aromatic rings. The predicted molar refractivity (Wildman–Crippen MR) is 70.6 cm³/mol. The molecule has 0 saturated carbocycles. The maximum atomic E-state index is 10.7. The second kappa shape index (κ2) is 4.91. The van der Waals surface area contributed by atoms with Gasteiger partial charge < -0.3 is 9.88 Å². The lowest BCUT2D eigenvalue weighted by Gasteiger charge is -2.08. The number of hydrogen-bond donors (Lipinski definition) is 1. The van der Waals surface area contributed by atoms with Gasteiger partial charge in [-0.05, 0) is 24.1 Å². The summed E-state index contributed by atoms with van der Waals surface area (Å²) < 4.78 is 1.97. The van der Waals surface area contributed by atoms with Gasteiger partial charge in [0.25, 0.3) is 5.69 Å². The smallest absolute Gasteiger partial charge is 0.271 e. The van der Waals surface area contributed by atoms with Crippen LogP contribution in [-0.2, 0) is 13.6 Å². The quantitative estimate of drug-likeness (QED) is 0.665. The molecule has 0 unspecified atom stereocenters. The van der Waals surface area contributed by atoms with Crippen LogP contribution in [0.4, 0.5) is 11.4 Å². The highest BCUT2D eigenvalue weighted by molar-refractivity contribution is 5.56. The first-order chi connectivity index (χ1) is 8.56. The van der Waals surface area contributed by atoms with E-state index in [1.54, 1.807) is 12.1 Å². The molecule has 0 aliphatic heterocycles. The van der Waals surface area contributed by atoms with Crippen molar-refractivity contribution in [3.63, 3.8) is 0 Å². The zero-order chi connectivity index (χ0) is 13.1. The van der Waals surface area contributed by atoms with Crippen molar-refractivity contribution in [3.05, 3.63) is 57.9 Å². The number of benzene rings is 1. The number of aryl methyl sites for hydroxylation is 2. The fourth-order valence-corrected chi connectivity index (χ4v) is 1.78. The number of hydrogen-bond acceptors (Lipinski definition) is 3. The predicted octanol–water partition coefficient (Wildman–Crippen LogP) is 2.85. The van der Waals surface area contributed by atoms with Gasteiger partial charge in [0.05, 0.1) is 4.92 Å². The summed E-state index contributed by atoms with van der Waals surface area (Å²) in [6.07, 6.45) is 3.98. The van der Waals surface area contributed by atoms with Gasteiger partial charge in [-0.3, -0.25) is 10.1 Å². The zero-order valence-corrected chi connectivity index (χ0v) is 10.4. The maximum Gasteiger partial charge on any atom is 0.271 e. The van der Waals surface area contributed by atoms with Crippen LogP contribution in [-0.4, -0.2) is 9.49 Å². The van der Waals surface area contributed by atoms with E-state index in [1.165, 1.54) is 6.07 Å². The van der Waals surface area contributed by atoms with Crippen LogP contribution < -0.4 is 5.32 Å². The van der Waals surface area contributed by atoms with E-state index in [0.717, 1.165) is 16.8 Å². The van der Waals surface area contributed by atoms with Crippen molar-refractivity contribution >= 4 is 11.4 Å². The summed E-state index contributed by atoms with van der Waals surface area (Å²) in [4.78, 5) is 10.3. The van der Waals surface area contributed by atoms with Gasteiger partial charge in [0, 0.05) is 43.8 Å². The van der Waals surface area contributed by atoms with Gasteiger partial charge in [-0.15, -0.1) is 0 Å². The minimum absolute atomic E-state index is 0.108. The Kier molecular flexibility index (Phi) is 3.32. The molecule has 0 atom stereocenters. The lowest BCUT2D eigenvalue weighted by molar-refractivity contribution is -0.384. The standard InChI is InChI=1S/C13H15N3O2/c1-10-3-4-12(16(17)18)7-13(10)14-8-11-5-6-15(2)9-11/h3-7,9,14H,8H2,1-2H3. The van der Waals surface area contributed by atoms with E-state index in [-0.39, 0.29) is 10.6 Å². The average Bonchev–Trinajstić information content (AvgIpc) is 2.74. The first kappa shape index (κ1) is 12.2. The summed E-state index contributed by atoms with van der Waals surface area (Å²) in [7, 11) is 1.96. The van der Waals surface area contributed by atoms with Gasteiger partial charge in [-0.2, -0.15) is 0 Å². The van der Waals surface area contributed by atoms with E-state index in [1.807, 2.05) is 37.0 Å². The Balaban J connectivity index is 2.13. The molecule has 0 aliphatic carbocycles. The second-order valence-corrected chi connectivity index (χ2v) is 4.30. The molecule has 0 saturated heterocycles. The lowest BCUT2D eigenvalue weighted by Crippen LogP contribution is -2.01. The third kappa shape index (κ3) is 2.68.